The molecule has 3 heterocycles. The van der Waals surface area contributed by atoms with Gasteiger partial charge in [0.2, 0.25) is 5.95 Å². The number of hydrogen-bond acceptors (Lipinski definition) is 7. The fraction of sp³-hybridized carbons (Fsp3) is 0.476. The van der Waals surface area contributed by atoms with E-state index in [1.807, 2.05) is 31.2 Å². The Labute approximate surface area is 166 Å². The normalized spacial score (nSPS) is 18.2. The summed E-state index contributed by atoms with van der Waals surface area (Å²) in [5.41, 5.74) is 2.78. The summed E-state index contributed by atoms with van der Waals surface area (Å²) in [6.45, 7) is 9.61. The van der Waals surface area contributed by atoms with Crippen molar-refractivity contribution in [1.82, 2.24) is 14.9 Å². The molecule has 7 nitrogen and oxygen atoms in total. The molecule has 0 saturated carbocycles. The Kier molecular flexibility index (Phi) is 5.31. The van der Waals surface area contributed by atoms with Crippen LogP contribution in [0.1, 0.15) is 11.3 Å². The molecule has 146 valence electrons. The van der Waals surface area contributed by atoms with Crippen LogP contribution in [0.15, 0.2) is 30.3 Å². The number of para-hydroxylation sites is 1. The highest BCUT2D eigenvalue weighted by atomic mass is 15.3. The second kappa shape index (κ2) is 8.03. The maximum atomic E-state index is 9.37. The third-order valence-corrected chi connectivity index (χ3v) is 5.58. The Balaban J connectivity index is 1.47. The molecule has 28 heavy (non-hydrogen) atoms. The molecule has 0 aliphatic carbocycles. The van der Waals surface area contributed by atoms with Crippen molar-refractivity contribution in [2.45, 2.75) is 6.92 Å². The van der Waals surface area contributed by atoms with Crippen LogP contribution < -0.4 is 14.7 Å². The summed E-state index contributed by atoms with van der Waals surface area (Å²) < 4.78 is 0. The van der Waals surface area contributed by atoms with Crippen molar-refractivity contribution in [3.8, 4) is 6.07 Å². The van der Waals surface area contributed by atoms with E-state index in [9.17, 15) is 5.26 Å². The van der Waals surface area contributed by atoms with Crippen LogP contribution in [-0.2, 0) is 0 Å². The molecule has 0 atom stereocenters. The maximum Gasteiger partial charge on any atom is 0.227 e. The van der Waals surface area contributed by atoms with Gasteiger partial charge in [-0.15, -0.1) is 0 Å². The van der Waals surface area contributed by atoms with E-state index < -0.39 is 0 Å². The van der Waals surface area contributed by atoms with Gasteiger partial charge in [-0.05, 0) is 26.1 Å². The number of piperazine rings is 2. The molecule has 7 heteroatoms. The molecule has 2 saturated heterocycles. The summed E-state index contributed by atoms with van der Waals surface area (Å²) in [5.74, 6) is 1.86. The largest absolute Gasteiger partial charge is 0.367 e. The van der Waals surface area contributed by atoms with E-state index >= 15 is 0 Å². The Hall–Kier alpha value is -2.85. The van der Waals surface area contributed by atoms with Crippen molar-refractivity contribution in [2.24, 2.45) is 0 Å². The van der Waals surface area contributed by atoms with E-state index in [0.29, 0.717) is 0 Å². The molecule has 2 aliphatic rings. The van der Waals surface area contributed by atoms with Gasteiger partial charge in [-0.3, -0.25) is 0 Å². The molecule has 2 fully saturated rings. The van der Waals surface area contributed by atoms with Gasteiger partial charge in [0.25, 0.3) is 0 Å². The fourth-order valence-electron chi connectivity index (χ4n) is 3.87. The van der Waals surface area contributed by atoms with Crippen LogP contribution in [0.5, 0.6) is 0 Å². The summed E-state index contributed by atoms with van der Waals surface area (Å²) in [6.07, 6.45) is 0. The SMILES string of the molecule is Cc1cc(N2CCN(c3ccccc3C#N)CC2)nc(N2CCN(C)CC2)n1. The summed E-state index contributed by atoms with van der Waals surface area (Å²) >= 11 is 0. The molecule has 1 aromatic carbocycles. The van der Waals surface area contributed by atoms with E-state index in [-0.39, 0.29) is 0 Å². The van der Waals surface area contributed by atoms with E-state index in [0.717, 1.165) is 81.1 Å². The van der Waals surface area contributed by atoms with Crippen LogP contribution in [0, 0.1) is 18.3 Å². The first-order valence-corrected chi connectivity index (χ1v) is 9.92. The minimum Gasteiger partial charge on any atom is -0.367 e. The number of rotatable bonds is 3. The number of aromatic nitrogens is 2. The number of likely N-dealkylation sites (N-methyl/N-ethyl adjacent to an activating group) is 1. The van der Waals surface area contributed by atoms with E-state index in [1.165, 1.54) is 0 Å². The Morgan fingerprint density at radius 2 is 1.50 bits per heavy atom. The first kappa shape index (κ1) is 18.5. The number of anilines is 3. The Morgan fingerprint density at radius 1 is 0.857 bits per heavy atom. The molecular formula is C21H27N7. The van der Waals surface area contributed by atoms with Crippen molar-refractivity contribution >= 4 is 17.5 Å². The first-order valence-electron chi connectivity index (χ1n) is 9.92. The van der Waals surface area contributed by atoms with Gasteiger partial charge in [0.15, 0.2) is 0 Å². The summed E-state index contributed by atoms with van der Waals surface area (Å²) in [4.78, 5) is 18.8. The average Bonchev–Trinajstić information content (AvgIpc) is 2.74. The van der Waals surface area contributed by atoms with Gasteiger partial charge < -0.3 is 19.6 Å². The van der Waals surface area contributed by atoms with Gasteiger partial charge in [-0.1, -0.05) is 12.1 Å². The molecule has 0 N–H and O–H groups in total. The highest BCUT2D eigenvalue weighted by Crippen LogP contribution is 2.24. The summed E-state index contributed by atoms with van der Waals surface area (Å²) in [7, 11) is 2.16. The first-order chi connectivity index (χ1) is 13.6. The number of nitriles is 1. The van der Waals surface area contributed by atoms with Gasteiger partial charge in [-0.25, -0.2) is 4.98 Å². The molecule has 4 rings (SSSR count). The van der Waals surface area contributed by atoms with Crippen molar-refractivity contribution in [3.63, 3.8) is 0 Å². The van der Waals surface area contributed by atoms with Gasteiger partial charge in [-0.2, -0.15) is 10.2 Å². The lowest BCUT2D eigenvalue weighted by Crippen LogP contribution is -2.47. The minimum atomic E-state index is 0.742. The summed E-state index contributed by atoms with van der Waals surface area (Å²) in [5, 5.41) is 9.37. The van der Waals surface area contributed by atoms with Crippen molar-refractivity contribution in [2.75, 3.05) is 74.1 Å². The third kappa shape index (κ3) is 3.87. The van der Waals surface area contributed by atoms with Crippen LogP contribution in [-0.4, -0.2) is 74.3 Å². The standard InChI is InChI=1S/C21H27N7/c1-17-15-20(24-21(23-17)28-9-7-25(2)8-10-28)27-13-11-26(12-14-27)19-6-4-3-5-18(19)16-22/h3-6,15H,7-14H2,1-2H3. The smallest absolute Gasteiger partial charge is 0.227 e. The predicted octanol–water partition coefficient (Wildman–Crippen LogP) is 1.74. The van der Waals surface area contributed by atoms with Gasteiger partial charge in [0, 0.05) is 64.1 Å². The second-order valence-corrected chi connectivity index (χ2v) is 7.56. The molecule has 0 amide bonds. The van der Waals surface area contributed by atoms with Crippen LogP contribution in [0.25, 0.3) is 0 Å². The van der Waals surface area contributed by atoms with Crippen LogP contribution in [0.3, 0.4) is 0 Å². The molecular weight excluding hydrogens is 350 g/mol. The lowest BCUT2D eigenvalue weighted by Gasteiger charge is -2.38. The zero-order valence-corrected chi connectivity index (χ0v) is 16.7. The zero-order valence-electron chi connectivity index (χ0n) is 16.7. The van der Waals surface area contributed by atoms with E-state index in [1.54, 1.807) is 0 Å². The van der Waals surface area contributed by atoms with Crippen LogP contribution >= 0.6 is 0 Å². The van der Waals surface area contributed by atoms with Crippen LogP contribution in [0.4, 0.5) is 17.5 Å². The third-order valence-electron chi connectivity index (χ3n) is 5.58. The molecule has 0 spiro atoms. The lowest BCUT2D eigenvalue weighted by molar-refractivity contribution is 0.311. The summed E-state index contributed by atoms with van der Waals surface area (Å²) in [6, 6.07) is 12.2. The molecule has 1 aromatic heterocycles. The van der Waals surface area contributed by atoms with Gasteiger partial charge >= 0.3 is 0 Å². The van der Waals surface area contributed by atoms with Crippen LogP contribution in [0.2, 0.25) is 0 Å². The highest BCUT2D eigenvalue weighted by Gasteiger charge is 2.22. The second-order valence-electron chi connectivity index (χ2n) is 7.56. The van der Waals surface area contributed by atoms with Crippen molar-refractivity contribution in [3.05, 3.63) is 41.6 Å². The molecule has 0 unspecified atom stereocenters. The topological polar surface area (TPSA) is 62.5 Å². The lowest BCUT2D eigenvalue weighted by atomic mass is 10.1. The number of hydrogen-bond donors (Lipinski definition) is 0. The highest BCUT2D eigenvalue weighted by molar-refractivity contribution is 5.60. The van der Waals surface area contributed by atoms with Gasteiger partial charge in [0.05, 0.1) is 11.3 Å². The quantitative estimate of drug-likeness (QED) is 0.807. The fourth-order valence-corrected chi connectivity index (χ4v) is 3.87. The van der Waals surface area contributed by atoms with E-state index in [2.05, 4.69) is 43.8 Å². The molecule has 0 bridgehead atoms. The molecule has 2 aromatic rings. The number of aryl methyl sites for hydroxylation is 1. The van der Waals surface area contributed by atoms with Crippen molar-refractivity contribution in [1.29, 1.82) is 5.26 Å². The number of benzene rings is 1. The predicted molar refractivity (Wildman–Crippen MR) is 112 cm³/mol. The Bertz CT molecular complexity index is 859. The minimum absolute atomic E-state index is 0.742. The monoisotopic (exact) mass is 377 g/mol. The van der Waals surface area contributed by atoms with Gasteiger partial charge in [0.1, 0.15) is 11.9 Å². The zero-order chi connectivity index (χ0) is 19.5. The molecule has 0 radical (unpaired) electrons. The van der Waals surface area contributed by atoms with E-state index in [4.69, 9.17) is 4.98 Å². The van der Waals surface area contributed by atoms with Crippen molar-refractivity contribution < 1.29 is 0 Å². The maximum absolute atomic E-state index is 9.37. The Morgan fingerprint density at radius 3 is 2.21 bits per heavy atom. The number of nitrogens with zero attached hydrogens (tertiary/aromatic N) is 7. The molecule has 2 aliphatic heterocycles. The average molecular weight is 377 g/mol.